The zero-order valence-electron chi connectivity index (χ0n) is 44.0. The molecule has 1 heterocycles. The number of rotatable bonds is 32. The second-order valence-corrected chi connectivity index (χ2v) is 20.1. The molecule has 4 aromatic rings. The first-order chi connectivity index (χ1) is 35.5. The number of ether oxygens (including phenoxy) is 6. The van der Waals surface area contributed by atoms with Crippen molar-refractivity contribution in [1.82, 2.24) is 15.5 Å². The third kappa shape index (κ3) is 23.3. The molecule has 0 unspecified atom stereocenters. The summed E-state index contributed by atoms with van der Waals surface area (Å²) >= 11 is 0. The number of carbonyl (C=O) groups is 4. The van der Waals surface area contributed by atoms with Crippen LogP contribution in [0.2, 0.25) is 0 Å². The molecule has 13 heteroatoms. The summed E-state index contributed by atoms with van der Waals surface area (Å²) in [6.45, 7) is 9.20. The van der Waals surface area contributed by atoms with Crippen molar-refractivity contribution in [2.24, 2.45) is 0 Å². The van der Waals surface area contributed by atoms with E-state index >= 15 is 0 Å². The van der Waals surface area contributed by atoms with Crippen LogP contribution >= 0.6 is 0 Å². The molecule has 0 aromatic heterocycles. The minimum absolute atomic E-state index is 0.0486. The molecule has 398 valence electrons. The summed E-state index contributed by atoms with van der Waals surface area (Å²) in [7, 11) is 0. The summed E-state index contributed by atoms with van der Waals surface area (Å²) in [6.07, 6.45) is 9.58. The van der Waals surface area contributed by atoms with Gasteiger partial charge in [-0.3, -0.25) is 14.5 Å². The molecule has 13 nitrogen and oxygen atoms in total. The zero-order valence-corrected chi connectivity index (χ0v) is 44.0. The van der Waals surface area contributed by atoms with Crippen molar-refractivity contribution in [2.75, 3.05) is 19.7 Å². The predicted molar refractivity (Wildman–Crippen MR) is 284 cm³/mol. The molecule has 0 spiro atoms. The highest BCUT2D eigenvalue weighted by molar-refractivity contribution is 5.78. The van der Waals surface area contributed by atoms with Gasteiger partial charge in [-0.05, 0) is 68.7 Å². The van der Waals surface area contributed by atoms with E-state index in [2.05, 4.69) is 17.6 Å². The van der Waals surface area contributed by atoms with E-state index in [9.17, 15) is 19.2 Å². The Hall–Kier alpha value is -5.76. The Morgan fingerprint density at radius 2 is 1.12 bits per heavy atom. The van der Waals surface area contributed by atoms with Gasteiger partial charge in [0.2, 0.25) is 5.91 Å². The largest absolute Gasteiger partial charge is 0.462 e. The second-order valence-electron chi connectivity index (χ2n) is 20.1. The number of esters is 1. The van der Waals surface area contributed by atoms with Crippen LogP contribution in [0.5, 0.6) is 0 Å². The van der Waals surface area contributed by atoms with Gasteiger partial charge in [0.25, 0.3) is 0 Å². The number of carbonyl (C=O) groups excluding carboxylic acids is 4. The lowest BCUT2D eigenvalue weighted by molar-refractivity contribution is -0.168. The molecule has 1 fully saturated rings. The van der Waals surface area contributed by atoms with Crippen LogP contribution in [0.1, 0.15) is 146 Å². The smallest absolute Gasteiger partial charge is 0.410 e. The number of piperidine rings is 1. The first-order valence-electron chi connectivity index (χ1n) is 26.8. The average molecular weight is 1010 g/mol. The maximum Gasteiger partial charge on any atom is 0.410 e. The molecule has 3 amide bonds. The summed E-state index contributed by atoms with van der Waals surface area (Å²) in [5.41, 5.74) is 2.95. The van der Waals surface area contributed by atoms with Crippen LogP contribution in [-0.4, -0.2) is 84.7 Å². The Labute approximate surface area is 435 Å². The lowest BCUT2D eigenvalue weighted by Gasteiger charge is -2.48. The number of likely N-dealkylation sites (tertiary alicyclic amines) is 1. The number of benzene rings is 4. The van der Waals surface area contributed by atoms with Gasteiger partial charge in [-0.1, -0.05) is 186 Å². The summed E-state index contributed by atoms with van der Waals surface area (Å²) in [6, 6.07) is 37.5. The molecule has 1 aliphatic heterocycles. The van der Waals surface area contributed by atoms with E-state index in [1.165, 1.54) is 32.1 Å². The number of hydrogen-bond donors (Lipinski definition) is 2. The van der Waals surface area contributed by atoms with Crippen LogP contribution in [0.3, 0.4) is 0 Å². The maximum atomic E-state index is 14.5. The van der Waals surface area contributed by atoms with Crippen molar-refractivity contribution in [1.29, 1.82) is 0 Å². The third-order valence-electron chi connectivity index (χ3n) is 12.7. The molecule has 5 rings (SSSR count). The van der Waals surface area contributed by atoms with E-state index in [4.69, 9.17) is 28.4 Å². The quantitative estimate of drug-likeness (QED) is 0.0275. The fourth-order valence-corrected chi connectivity index (χ4v) is 8.88. The number of nitrogens with one attached hydrogen (secondary N) is 2. The lowest BCUT2D eigenvalue weighted by Crippen LogP contribution is -2.69. The number of amides is 3. The van der Waals surface area contributed by atoms with Crippen molar-refractivity contribution in [2.45, 2.75) is 186 Å². The van der Waals surface area contributed by atoms with E-state index in [1.807, 2.05) is 142 Å². The molecular formula is C60H83N3O10. The minimum atomic E-state index is -0.813. The third-order valence-corrected chi connectivity index (χ3v) is 12.7. The normalized spacial score (nSPS) is 17.1. The van der Waals surface area contributed by atoms with Gasteiger partial charge in [0, 0.05) is 19.5 Å². The first kappa shape index (κ1) is 58.1. The molecule has 73 heavy (non-hydrogen) atoms. The van der Waals surface area contributed by atoms with Crippen LogP contribution < -0.4 is 10.6 Å². The van der Waals surface area contributed by atoms with Crippen LogP contribution in [0, 0.1) is 0 Å². The maximum absolute atomic E-state index is 14.5. The van der Waals surface area contributed by atoms with Gasteiger partial charge in [-0.25, -0.2) is 9.59 Å². The molecule has 0 radical (unpaired) electrons. The van der Waals surface area contributed by atoms with Crippen LogP contribution in [0.15, 0.2) is 121 Å². The molecule has 0 aliphatic carbocycles. The Kier molecular flexibility index (Phi) is 26.4. The monoisotopic (exact) mass is 1010 g/mol. The predicted octanol–water partition coefficient (Wildman–Crippen LogP) is 12.2. The molecule has 0 saturated carbocycles. The summed E-state index contributed by atoms with van der Waals surface area (Å²) < 4.78 is 37.5. The van der Waals surface area contributed by atoms with Gasteiger partial charge in [0.05, 0.1) is 44.9 Å². The number of nitrogens with zero attached hydrogens (tertiary/aromatic N) is 1. The van der Waals surface area contributed by atoms with Crippen molar-refractivity contribution in [3.8, 4) is 0 Å². The number of hydrogen-bond acceptors (Lipinski definition) is 10. The molecule has 0 bridgehead atoms. The minimum Gasteiger partial charge on any atom is -0.462 e. The van der Waals surface area contributed by atoms with Crippen LogP contribution in [-0.2, 0) is 64.4 Å². The highest BCUT2D eigenvalue weighted by Crippen LogP contribution is 2.29. The zero-order chi connectivity index (χ0) is 51.9. The molecule has 2 N–H and O–H groups in total. The fourth-order valence-electron chi connectivity index (χ4n) is 8.88. The standard InChI is InChI=1S/C60H83N3O10/c1-5-6-7-8-9-10-11-12-26-37-51(72-55(65)38-27-17-28-39-61-58(66)71-45-50-35-24-16-25-36-50)40-54(64)62-52-41-63(59(67)73-60(2,3)4)53(46-68-42-47-29-18-13-19-30-47)57(70-44-49-33-22-15-23-34-49)56(52)69-43-48-31-20-14-21-32-48/h13-16,18-25,29-36,51-53,56-57H,5-12,17,26-28,37-46H2,1-4H3,(H,61,66)(H,62,64)/t51-,52-,53+,56+,57+/m0/s1. The molecular weight excluding hydrogens is 923 g/mol. The van der Waals surface area contributed by atoms with Crippen molar-refractivity contribution >= 4 is 24.1 Å². The van der Waals surface area contributed by atoms with Crippen molar-refractivity contribution in [3.63, 3.8) is 0 Å². The Balaban J connectivity index is 1.30. The Morgan fingerprint density at radius 1 is 0.616 bits per heavy atom. The molecule has 5 atom stereocenters. The van der Waals surface area contributed by atoms with E-state index in [1.54, 1.807) is 4.90 Å². The number of unbranched alkanes of at least 4 members (excludes halogenated alkanes) is 10. The van der Waals surface area contributed by atoms with E-state index in [0.717, 1.165) is 47.9 Å². The van der Waals surface area contributed by atoms with Crippen LogP contribution in [0.25, 0.3) is 0 Å². The van der Waals surface area contributed by atoms with Gasteiger partial charge < -0.3 is 39.1 Å². The van der Waals surface area contributed by atoms with Gasteiger partial charge >= 0.3 is 18.2 Å². The van der Waals surface area contributed by atoms with Crippen molar-refractivity contribution in [3.05, 3.63) is 144 Å². The molecule has 1 aliphatic rings. The van der Waals surface area contributed by atoms with Crippen molar-refractivity contribution < 1.29 is 47.6 Å². The van der Waals surface area contributed by atoms with Gasteiger partial charge in [-0.2, -0.15) is 0 Å². The summed E-state index contributed by atoms with van der Waals surface area (Å²) in [5, 5.41) is 6.02. The molecule has 4 aromatic carbocycles. The first-order valence-corrected chi connectivity index (χ1v) is 26.8. The van der Waals surface area contributed by atoms with Crippen LogP contribution in [0.4, 0.5) is 9.59 Å². The van der Waals surface area contributed by atoms with Gasteiger partial charge in [-0.15, -0.1) is 0 Å². The SMILES string of the molecule is CCCCCCCCCCC[C@@H](CC(=O)N[C@H]1CN(C(=O)OC(C)(C)C)[C@H](COCc2ccccc2)[C@@H](OCc2ccccc2)[C@@H]1OCc1ccccc1)OC(=O)CCCCCNC(=O)OCc1ccccc1. The Bertz CT molecular complexity index is 2140. The second kappa shape index (κ2) is 33.1. The Morgan fingerprint density at radius 3 is 1.68 bits per heavy atom. The van der Waals surface area contributed by atoms with E-state index in [-0.39, 0.29) is 57.7 Å². The van der Waals surface area contributed by atoms with E-state index in [0.29, 0.717) is 38.8 Å². The number of alkyl carbamates (subject to hydrolysis) is 1. The highest BCUT2D eigenvalue weighted by Gasteiger charge is 2.49. The van der Waals surface area contributed by atoms with Gasteiger partial charge in [0.1, 0.15) is 30.5 Å². The van der Waals surface area contributed by atoms with Gasteiger partial charge in [0.15, 0.2) is 0 Å². The highest BCUT2D eigenvalue weighted by atomic mass is 16.6. The summed E-state index contributed by atoms with van der Waals surface area (Å²) in [4.78, 5) is 56.1. The van der Waals surface area contributed by atoms with E-state index < -0.39 is 48.2 Å². The fraction of sp³-hybridized carbons (Fsp3) is 0.533. The summed E-state index contributed by atoms with van der Waals surface area (Å²) in [5.74, 6) is -0.698. The topological polar surface area (TPSA) is 151 Å². The molecule has 1 saturated heterocycles. The lowest BCUT2D eigenvalue weighted by atomic mass is 9.91. The average Bonchev–Trinajstić information content (AvgIpc) is 3.38.